The van der Waals surface area contributed by atoms with Gasteiger partial charge in [-0.05, 0) is 29.0 Å². The first-order valence-corrected chi connectivity index (χ1v) is 8.07. The molecular formula is C17H21N3S. The van der Waals surface area contributed by atoms with Gasteiger partial charge in [0.1, 0.15) is 0 Å². The van der Waals surface area contributed by atoms with Gasteiger partial charge in [0.25, 0.3) is 0 Å². The number of benzene rings is 2. The highest BCUT2D eigenvalue weighted by molar-refractivity contribution is 8.13. The molecule has 0 radical (unpaired) electrons. The Morgan fingerprint density at radius 3 is 2.52 bits per heavy atom. The molecule has 3 nitrogen and oxygen atoms in total. The molecule has 0 fully saturated rings. The van der Waals surface area contributed by atoms with Crippen molar-refractivity contribution < 1.29 is 0 Å². The van der Waals surface area contributed by atoms with Gasteiger partial charge in [-0.2, -0.15) is 0 Å². The molecule has 2 aromatic carbocycles. The van der Waals surface area contributed by atoms with Crippen LogP contribution < -0.4 is 11.1 Å². The van der Waals surface area contributed by atoms with Gasteiger partial charge in [0.05, 0.1) is 5.69 Å². The van der Waals surface area contributed by atoms with Crippen molar-refractivity contribution in [2.45, 2.75) is 20.0 Å². The van der Waals surface area contributed by atoms with Crippen LogP contribution in [0.5, 0.6) is 0 Å². The minimum Gasteiger partial charge on any atom is -0.378 e. The molecule has 0 saturated heterocycles. The van der Waals surface area contributed by atoms with Gasteiger partial charge < -0.3 is 11.1 Å². The van der Waals surface area contributed by atoms with E-state index in [0.717, 1.165) is 24.5 Å². The molecule has 4 heteroatoms. The third-order valence-corrected chi connectivity index (χ3v) is 3.62. The first-order valence-electron chi connectivity index (χ1n) is 7.08. The number of amidine groups is 1. The maximum Gasteiger partial charge on any atom is 0.159 e. The summed E-state index contributed by atoms with van der Waals surface area (Å²) in [5.41, 5.74) is 9.25. The highest BCUT2D eigenvalue weighted by Gasteiger charge is 1.97. The summed E-state index contributed by atoms with van der Waals surface area (Å²) in [6.07, 6.45) is 0. The molecule has 0 spiro atoms. The second-order valence-electron chi connectivity index (χ2n) is 4.64. The van der Waals surface area contributed by atoms with Crippen molar-refractivity contribution >= 4 is 22.6 Å². The number of aliphatic imine (C=N–C) groups is 1. The Bertz CT molecular complexity index is 582. The van der Waals surface area contributed by atoms with Crippen LogP contribution in [0.1, 0.15) is 18.1 Å². The average Bonchev–Trinajstić information content (AvgIpc) is 2.49. The van der Waals surface area contributed by atoms with E-state index in [0.29, 0.717) is 5.17 Å². The molecule has 3 N–H and O–H groups in total. The van der Waals surface area contributed by atoms with Crippen molar-refractivity contribution in [3.63, 3.8) is 0 Å². The first-order chi connectivity index (χ1) is 10.3. The Labute approximate surface area is 130 Å². The molecule has 0 aromatic heterocycles. The summed E-state index contributed by atoms with van der Waals surface area (Å²) in [6, 6.07) is 18.5. The average molecular weight is 299 g/mol. The van der Waals surface area contributed by atoms with Gasteiger partial charge in [-0.15, -0.1) is 0 Å². The lowest BCUT2D eigenvalue weighted by Crippen LogP contribution is -2.12. The Balaban J connectivity index is 1.90. The number of nitrogens with two attached hydrogens (primary N) is 1. The summed E-state index contributed by atoms with van der Waals surface area (Å²) in [4.78, 5) is 4.41. The number of rotatable bonds is 6. The number of nitrogens with one attached hydrogen (secondary N) is 1. The van der Waals surface area contributed by atoms with E-state index in [2.05, 4.69) is 53.6 Å². The predicted octanol–water partition coefficient (Wildman–Crippen LogP) is 3.68. The molecule has 21 heavy (non-hydrogen) atoms. The summed E-state index contributed by atoms with van der Waals surface area (Å²) in [5, 5.41) is 4.06. The van der Waals surface area contributed by atoms with E-state index in [-0.39, 0.29) is 0 Å². The first kappa shape index (κ1) is 15.6. The molecule has 0 unspecified atom stereocenters. The SMILES string of the molecule is CCSC(N)=Nc1cccc(CNCc2ccccc2)c1. The largest absolute Gasteiger partial charge is 0.378 e. The highest BCUT2D eigenvalue weighted by Crippen LogP contribution is 2.16. The van der Waals surface area contributed by atoms with Gasteiger partial charge in [-0.25, -0.2) is 4.99 Å². The van der Waals surface area contributed by atoms with Gasteiger partial charge >= 0.3 is 0 Å². The Morgan fingerprint density at radius 2 is 1.76 bits per heavy atom. The van der Waals surface area contributed by atoms with E-state index >= 15 is 0 Å². The zero-order valence-corrected chi connectivity index (χ0v) is 13.1. The fraction of sp³-hybridized carbons (Fsp3) is 0.235. The molecule has 0 amide bonds. The summed E-state index contributed by atoms with van der Waals surface area (Å²) in [5.74, 6) is 0.938. The molecule has 0 aliphatic rings. The van der Waals surface area contributed by atoms with Crippen molar-refractivity contribution in [3.05, 3.63) is 65.7 Å². The van der Waals surface area contributed by atoms with E-state index < -0.39 is 0 Å². The van der Waals surface area contributed by atoms with Gasteiger partial charge in [0.15, 0.2) is 5.17 Å². The molecule has 110 valence electrons. The van der Waals surface area contributed by atoms with Crippen LogP contribution in [0.3, 0.4) is 0 Å². The third-order valence-electron chi connectivity index (χ3n) is 2.94. The Hall–Kier alpha value is -1.78. The molecule has 0 aliphatic heterocycles. The van der Waals surface area contributed by atoms with Crippen LogP contribution in [-0.4, -0.2) is 10.9 Å². The molecule has 0 aliphatic carbocycles. The van der Waals surface area contributed by atoms with E-state index in [9.17, 15) is 0 Å². The Kier molecular flexibility index (Phi) is 6.31. The van der Waals surface area contributed by atoms with Crippen molar-refractivity contribution in [3.8, 4) is 0 Å². The minimum absolute atomic E-state index is 0.617. The number of hydrogen-bond donors (Lipinski definition) is 2. The topological polar surface area (TPSA) is 50.4 Å². The fourth-order valence-electron chi connectivity index (χ4n) is 1.99. The van der Waals surface area contributed by atoms with Crippen molar-refractivity contribution in [2.75, 3.05) is 5.75 Å². The van der Waals surface area contributed by atoms with Crippen molar-refractivity contribution in [1.82, 2.24) is 5.32 Å². The van der Waals surface area contributed by atoms with Crippen LogP contribution in [0.2, 0.25) is 0 Å². The lowest BCUT2D eigenvalue weighted by Gasteiger charge is -2.06. The number of hydrogen-bond acceptors (Lipinski definition) is 3. The molecular weight excluding hydrogens is 278 g/mol. The smallest absolute Gasteiger partial charge is 0.159 e. The quantitative estimate of drug-likeness (QED) is 0.632. The maximum absolute atomic E-state index is 5.84. The van der Waals surface area contributed by atoms with Gasteiger partial charge in [-0.1, -0.05) is 61.2 Å². The van der Waals surface area contributed by atoms with Crippen molar-refractivity contribution in [1.29, 1.82) is 0 Å². The molecule has 0 heterocycles. The number of thioether (sulfide) groups is 1. The van der Waals surface area contributed by atoms with E-state index in [1.54, 1.807) is 11.8 Å². The van der Waals surface area contributed by atoms with Crippen LogP contribution in [0.25, 0.3) is 0 Å². The maximum atomic E-state index is 5.84. The van der Waals surface area contributed by atoms with Gasteiger partial charge in [0.2, 0.25) is 0 Å². The molecule has 0 atom stereocenters. The van der Waals surface area contributed by atoms with E-state index in [4.69, 9.17) is 5.73 Å². The summed E-state index contributed by atoms with van der Waals surface area (Å²) >= 11 is 1.56. The second-order valence-corrected chi connectivity index (χ2v) is 5.93. The molecule has 2 aromatic rings. The second kappa shape index (κ2) is 8.49. The summed E-state index contributed by atoms with van der Waals surface area (Å²) in [6.45, 7) is 3.75. The zero-order chi connectivity index (χ0) is 14.9. The van der Waals surface area contributed by atoms with Gasteiger partial charge in [-0.3, -0.25) is 0 Å². The van der Waals surface area contributed by atoms with E-state index in [1.165, 1.54) is 11.1 Å². The highest BCUT2D eigenvalue weighted by atomic mass is 32.2. The lowest BCUT2D eigenvalue weighted by atomic mass is 10.2. The fourth-order valence-corrected chi connectivity index (χ4v) is 2.46. The van der Waals surface area contributed by atoms with Crippen LogP contribution >= 0.6 is 11.8 Å². The minimum atomic E-state index is 0.617. The molecule has 0 bridgehead atoms. The van der Waals surface area contributed by atoms with Crippen molar-refractivity contribution in [2.24, 2.45) is 10.7 Å². The lowest BCUT2D eigenvalue weighted by molar-refractivity contribution is 0.693. The Morgan fingerprint density at radius 1 is 1.05 bits per heavy atom. The standard InChI is InChI=1S/C17H21N3S/c1-2-21-17(18)20-16-10-6-9-15(11-16)13-19-12-14-7-4-3-5-8-14/h3-11,19H,2,12-13H2,1H3,(H2,18,20). The normalized spacial score (nSPS) is 11.6. The van der Waals surface area contributed by atoms with Crippen LogP contribution in [0.4, 0.5) is 5.69 Å². The van der Waals surface area contributed by atoms with E-state index in [1.807, 2.05) is 18.2 Å². The summed E-state index contributed by atoms with van der Waals surface area (Å²) in [7, 11) is 0. The van der Waals surface area contributed by atoms with Crippen LogP contribution in [0.15, 0.2) is 59.6 Å². The predicted molar refractivity (Wildman–Crippen MR) is 92.8 cm³/mol. The van der Waals surface area contributed by atoms with Crippen LogP contribution in [-0.2, 0) is 13.1 Å². The summed E-state index contributed by atoms with van der Waals surface area (Å²) < 4.78 is 0. The monoisotopic (exact) mass is 299 g/mol. The molecule has 2 rings (SSSR count). The van der Waals surface area contributed by atoms with Crippen LogP contribution in [0, 0.1) is 0 Å². The van der Waals surface area contributed by atoms with Gasteiger partial charge in [0, 0.05) is 13.1 Å². The third kappa shape index (κ3) is 5.61. The number of nitrogens with zero attached hydrogens (tertiary/aromatic N) is 1. The molecule has 0 saturated carbocycles. The zero-order valence-electron chi connectivity index (χ0n) is 12.3.